The second-order valence-electron chi connectivity index (χ2n) is 15.0. The Hall–Kier alpha value is -3.94. The van der Waals surface area contributed by atoms with Gasteiger partial charge in [-0.15, -0.1) is 0 Å². The van der Waals surface area contributed by atoms with Crippen LogP contribution in [-0.4, -0.2) is 87.6 Å². The molecule has 0 aliphatic heterocycles. The molecule has 13 heteroatoms. The molecule has 53 heavy (non-hydrogen) atoms. The van der Waals surface area contributed by atoms with Gasteiger partial charge in [0, 0.05) is 49.2 Å². The van der Waals surface area contributed by atoms with E-state index in [1.54, 1.807) is 20.0 Å². The van der Waals surface area contributed by atoms with Crippen LogP contribution in [0, 0.1) is 23.7 Å². The van der Waals surface area contributed by atoms with Crippen molar-refractivity contribution in [3.63, 3.8) is 0 Å². The van der Waals surface area contributed by atoms with E-state index in [1.807, 2.05) is 45.0 Å². The van der Waals surface area contributed by atoms with Gasteiger partial charge < -0.3 is 36.9 Å². The number of carbonyl (C=O) groups excluding carboxylic acids is 6. The highest BCUT2D eigenvalue weighted by Gasteiger charge is 2.35. The molecule has 0 unspecified atom stereocenters. The zero-order valence-electron chi connectivity index (χ0n) is 32.4. The van der Waals surface area contributed by atoms with E-state index in [0.29, 0.717) is 44.6 Å². The summed E-state index contributed by atoms with van der Waals surface area (Å²) >= 11 is 0. The molecule has 1 aromatic carbocycles. The van der Waals surface area contributed by atoms with Crippen molar-refractivity contribution in [3.8, 4) is 0 Å². The molecule has 0 saturated carbocycles. The van der Waals surface area contributed by atoms with Gasteiger partial charge in [-0.3, -0.25) is 28.8 Å². The lowest BCUT2D eigenvalue weighted by Gasteiger charge is -2.27. The van der Waals surface area contributed by atoms with E-state index in [9.17, 15) is 39.0 Å². The maximum absolute atomic E-state index is 13.7. The second kappa shape index (κ2) is 23.0. The molecule has 2 rings (SSSR count). The van der Waals surface area contributed by atoms with Crippen molar-refractivity contribution in [3.05, 3.63) is 36.0 Å². The molecule has 1 heterocycles. The molecule has 0 radical (unpaired) electrons. The summed E-state index contributed by atoms with van der Waals surface area (Å²) in [6.45, 7) is 10.4. The number of ketones is 3. The van der Waals surface area contributed by atoms with Gasteiger partial charge in [-0.2, -0.15) is 0 Å². The molecule has 1 aromatic heterocycles. The zero-order valence-corrected chi connectivity index (χ0v) is 32.4. The van der Waals surface area contributed by atoms with Gasteiger partial charge in [0.15, 0.2) is 17.3 Å². The number of aliphatic hydroxyl groups is 2. The topological polar surface area (TPSA) is 221 Å². The summed E-state index contributed by atoms with van der Waals surface area (Å²) in [7, 11) is 0. The predicted molar refractivity (Wildman–Crippen MR) is 205 cm³/mol. The quantitative estimate of drug-likeness (QED) is 0.0703. The Morgan fingerprint density at radius 2 is 1.51 bits per heavy atom. The third-order valence-corrected chi connectivity index (χ3v) is 9.61. The van der Waals surface area contributed by atoms with Gasteiger partial charge in [-0.05, 0) is 69.0 Å². The number of para-hydroxylation sites is 1. The van der Waals surface area contributed by atoms with Gasteiger partial charge >= 0.3 is 0 Å². The van der Waals surface area contributed by atoms with Crippen molar-refractivity contribution >= 4 is 46.0 Å². The number of hydrogen-bond donors (Lipinski definition) is 7. The van der Waals surface area contributed by atoms with Gasteiger partial charge in [0.25, 0.3) is 0 Å². The fraction of sp³-hybridized carbons (Fsp3) is 0.650. The van der Waals surface area contributed by atoms with E-state index in [0.717, 1.165) is 16.5 Å². The molecular formula is C40H63N5O8. The number of aromatic nitrogens is 1. The smallest absolute Gasteiger partial charge is 0.226 e. The number of nitrogens with two attached hydrogens (primary N) is 1. The maximum atomic E-state index is 13.7. The summed E-state index contributed by atoms with van der Waals surface area (Å²) < 4.78 is 0. The number of amides is 3. The number of aliphatic hydroxyl groups excluding tert-OH is 2. The first-order chi connectivity index (χ1) is 25.1. The number of benzene rings is 1. The highest BCUT2D eigenvalue weighted by Crippen LogP contribution is 2.22. The number of nitrogens with one attached hydrogen (secondary N) is 4. The van der Waals surface area contributed by atoms with E-state index < -0.39 is 78.4 Å². The van der Waals surface area contributed by atoms with Crippen LogP contribution in [0.15, 0.2) is 30.5 Å². The number of aromatic amines is 1. The first kappa shape index (κ1) is 45.2. The van der Waals surface area contributed by atoms with Crippen molar-refractivity contribution in [1.29, 1.82) is 0 Å². The molecule has 0 aliphatic carbocycles. The van der Waals surface area contributed by atoms with E-state index in [2.05, 4.69) is 20.9 Å². The summed E-state index contributed by atoms with van der Waals surface area (Å²) in [6.07, 6.45) is 3.28. The summed E-state index contributed by atoms with van der Waals surface area (Å²) in [6, 6.07) is 4.78. The monoisotopic (exact) mass is 741 g/mol. The predicted octanol–water partition coefficient (Wildman–Crippen LogP) is 3.28. The van der Waals surface area contributed by atoms with Gasteiger partial charge in [-0.1, -0.05) is 52.8 Å². The number of fused-ring (bicyclic) bond motifs is 1. The minimum Gasteiger partial charge on any atom is -0.396 e. The largest absolute Gasteiger partial charge is 0.396 e. The van der Waals surface area contributed by atoms with Crippen molar-refractivity contribution in [2.45, 2.75) is 130 Å². The molecule has 0 bridgehead atoms. The van der Waals surface area contributed by atoms with E-state index in [-0.39, 0.29) is 37.4 Å². The molecule has 0 spiro atoms. The Morgan fingerprint density at radius 1 is 0.811 bits per heavy atom. The Balaban J connectivity index is 2.17. The van der Waals surface area contributed by atoms with Crippen molar-refractivity contribution in [2.24, 2.45) is 29.4 Å². The van der Waals surface area contributed by atoms with Crippen molar-refractivity contribution < 1.29 is 39.0 Å². The lowest BCUT2D eigenvalue weighted by atomic mass is 9.88. The minimum absolute atomic E-state index is 0.171. The number of rotatable bonds is 26. The first-order valence-electron chi connectivity index (χ1n) is 19.1. The SMILES string of the molecule is CCCC(=O)[C@H](Cc1c[nH]c2ccccc12)NC(=O)[C@@H](CC(=O)[C@@H](NC(=O)[C@H](CO)CC(=O)[C@H](CCCCN)NC(=O)CCC(C)C)C(C)C)[C@@H](C)O. The number of hydrogen-bond acceptors (Lipinski definition) is 9. The number of Topliss-reactive ketones (excluding diaryl/α,β-unsaturated/α-hetero) is 3. The van der Waals surface area contributed by atoms with Crippen molar-refractivity contribution in [1.82, 2.24) is 20.9 Å². The number of carbonyl (C=O) groups is 6. The fourth-order valence-electron chi connectivity index (χ4n) is 6.30. The third kappa shape index (κ3) is 14.8. The fourth-order valence-corrected chi connectivity index (χ4v) is 6.30. The van der Waals surface area contributed by atoms with Crippen LogP contribution in [0.1, 0.15) is 105 Å². The number of unbranched alkanes of at least 4 members (excludes halogenated alkanes) is 1. The molecule has 8 N–H and O–H groups in total. The summed E-state index contributed by atoms with van der Waals surface area (Å²) in [4.78, 5) is 83.1. The van der Waals surface area contributed by atoms with Crippen LogP contribution < -0.4 is 21.7 Å². The minimum atomic E-state index is -1.26. The standard InChI is InChI=1S/C40H63N5O8/c1-7-12-34(48)33(19-27-22-42-31-14-9-8-13-29(27)31)44-40(53)30(26(6)47)21-36(50)38(25(4)5)45-39(52)28(23-46)20-35(49)32(15-10-11-18-41)43-37(51)17-16-24(2)3/h8-9,13-14,22,24-26,28,30,32-33,38,42,46-47H,7,10-12,15-21,23,41H2,1-6H3,(H,43,51)(H,44,53)(H,45,52)/t26-,28+,30+,32+,33+,38+/m1/s1. The van der Waals surface area contributed by atoms with Gasteiger partial charge in [-0.25, -0.2) is 0 Å². The van der Waals surface area contributed by atoms with Gasteiger partial charge in [0.1, 0.15) is 0 Å². The highest BCUT2D eigenvalue weighted by atomic mass is 16.3. The Morgan fingerprint density at radius 3 is 2.11 bits per heavy atom. The number of H-pyrrole nitrogens is 1. The lowest BCUT2D eigenvalue weighted by molar-refractivity contribution is -0.138. The molecule has 13 nitrogen and oxygen atoms in total. The molecule has 2 aromatic rings. The molecule has 296 valence electrons. The normalized spacial score (nSPS) is 15.0. The average molecular weight is 742 g/mol. The third-order valence-electron chi connectivity index (χ3n) is 9.61. The summed E-state index contributed by atoms with van der Waals surface area (Å²) in [5.41, 5.74) is 7.36. The van der Waals surface area contributed by atoms with Gasteiger partial charge in [0.2, 0.25) is 17.7 Å². The van der Waals surface area contributed by atoms with Crippen LogP contribution in [0.25, 0.3) is 10.9 Å². The molecule has 0 saturated heterocycles. The van der Waals surface area contributed by atoms with Crippen LogP contribution in [0.4, 0.5) is 0 Å². The van der Waals surface area contributed by atoms with E-state index in [4.69, 9.17) is 5.73 Å². The maximum Gasteiger partial charge on any atom is 0.226 e. The molecular weight excluding hydrogens is 678 g/mol. The molecule has 6 atom stereocenters. The van der Waals surface area contributed by atoms with Crippen LogP contribution in [0.5, 0.6) is 0 Å². The van der Waals surface area contributed by atoms with Crippen molar-refractivity contribution in [2.75, 3.05) is 13.2 Å². The van der Waals surface area contributed by atoms with E-state index in [1.165, 1.54) is 6.92 Å². The van der Waals surface area contributed by atoms with Crippen LogP contribution in [-0.2, 0) is 35.2 Å². The van der Waals surface area contributed by atoms with Crippen LogP contribution >= 0.6 is 0 Å². The lowest BCUT2D eigenvalue weighted by Crippen LogP contribution is -2.51. The summed E-state index contributed by atoms with van der Waals surface area (Å²) in [5.74, 6) is -5.30. The average Bonchev–Trinajstić information content (AvgIpc) is 3.52. The van der Waals surface area contributed by atoms with Crippen LogP contribution in [0.3, 0.4) is 0 Å². The summed E-state index contributed by atoms with van der Waals surface area (Å²) in [5, 5.41) is 30.0. The van der Waals surface area contributed by atoms with E-state index >= 15 is 0 Å². The first-order valence-corrected chi connectivity index (χ1v) is 19.1. The second-order valence-corrected chi connectivity index (χ2v) is 15.0. The molecule has 0 fully saturated rings. The zero-order chi connectivity index (χ0) is 39.7. The Bertz CT molecular complexity index is 1500. The molecule has 0 aliphatic rings. The Labute approximate surface area is 314 Å². The van der Waals surface area contributed by atoms with Crippen LogP contribution in [0.2, 0.25) is 0 Å². The van der Waals surface area contributed by atoms with Gasteiger partial charge in [0.05, 0.1) is 42.7 Å². The highest BCUT2D eigenvalue weighted by molar-refractivity contribution is 5.97. The Kier molecular flexibility index (Phi) is 19.6. The molecule has 3 amide bonds.